The lowest BCUT2D eigenvalue weighted by atomic mass is 10.1. The number of pyridine rings is 1. The third-order valence-corrected chi connectivity index (χ3v) is 3.49. The van der Waals surface area contributed by atoms with Crippen molar-refractivity contribution in [1.29, 1.82) is 0 Å². The summed E-state index contributed by atoms with van der Waals surface area (Å²) in [6, 6.07) is 18.4. The average Bonchev–Trinajstić information content (AvgIpc) is 2.53. The highest BCUT2D eigenvalue weighted by Gasteiger charge is 2.07. The Kier molecular flexibility index (Phi) is 5.36. The van der Waals surface area contributed by atoms with Gasteiger partial charge in [0.25, 0.3) is 0 Å². The number of para-hydroxylation sites is 1. The largest absolute Gasteiger partial charge is 0.395 e. The molecule has 0 aliphatic rings. The fourth-order valence-electron chi connectivity index (χ4n) is 2.38. The Labute approximate surface area is 136 Å². The van der Waals surface area contributed by atoms with Gasteiger partial charge in [-0.15, -0.1) is 12.4 Å². The van der Waals surface area contributed by atoms with E-state index in [-0.39, 0.29) is 19.0 Å². The number of aromatic nitrogens is 1. The second kappa shape index (κ2) is 7.25. The van der Waals surface area contributed by atoms with Gasteiger partial charge in [-0.2, -0.15) is 0 Å². The summed E-state index contributed by atoms with van der Waals surface area (Å²) in [7, 11) is 0. The van der Waals surface area contributed by atoms with Gasteiger partial charge in [-0.25, -0.2) is 4.98 Å². The first kappa shape index (κ1) is 16.3. The molecule has 4 heteroatoms. The zero-order valence-corrected chi connectivity index (χ0v) is 13.2. The van der Waals surface area contributed by atoms with Gasteiger partial charge in [0, 0.05) is 23.2 Å². The van der Waals surface area contributed by atoms with Crippen LogP contribution in [0.2, 0.25) is 0 Å². The molecule has 114 valence electrons. The van der Waals surface area contributed by atoms with E-state index in [0.29, 0.717) is 6.54 Å². The molecule has 0 fully saturated rings. The van der Waals surface area contributed by atoms with E-state index in [2.05, 4.69) is 36.5 Å². The Morgan fingerprint density at radius 1 is 1.05 bits per heavy atom. The highest BCUT2D eigenvalue weighted by molar-refractivity contribution is 5.93. The molecule has 0 spiro atoms. The number of benzene rings is 2. The van der Waals surface area contributed by atoms with Crippen LogP contribution in [0.4, 0.5) is 5.69 Å². The number of hydrogen-bond donors (Lipinski definition) is 2. The molecule has 0 unspecified atom stereocenters. The summed E-state index contributed by atoms with van der Waals surface area (Å²) in [6.07, 6.45) is 0. The van der Waals surface area contributed by atoms with Crippen LogP contribution in [0, 0.1) is 6.92 Å². The summed E-state index contributed by atoms with van der Waals surface area (Å²) in [5, 5.41) is 13.4. The predicted octanol–water partition coefficient (Wildman–Crippen LogP) is 4.04. The molecule has 2 aromatic carbocycles. The summed E-state index contributed by atoms with van der Waals surface area (Å²) in [5.41, 5.74) is 5.23. The lowest BCUT2D eigenvalue weighted by Crippen LogP contribution is -2.06. The monoisotopic (exact) mass is 314 g/mol. The highest BCUT2D eigenvalue weighted by Crippen LogP contribution is 2.28. The molecule has 0 radical (unpaired) electrons. The number of anilines is 1. The lowest BCUT2D eigenvalue weighted by Gasteiger charge is -2.11. The van der Waals surface area contributed by atoms with Crippen molar-refractivity contribution in [3.05, 3.63) is 60.2 Å². The zero-order valence-electron chi connectivity index (χ0n) is 12.4. The minimum Gasteiger partial charge on any atom is -0.395 e. The number of fused-ring (bicyclic) bond motifs is 1. The molecule has 3 nitrogen and oxygen atoms in total. The standard InChI is InChI=1S/C18H18N2O.ClH/c1-13-6-8-14(9-7-13)17-12-18(19-10-11-21)15-4-2-3-5-16(15)20-17;/h2-9,12,21H,10-11H2,1H3,(H,19,20);1H. The second-order valence-electron chi connectivity index (χ2n) is 5.09. The molecule has 3 rings (SSSR count). The van der Waals surface area contributed by atoms with E-state index in [1.807, 2.05) is 30.3 Å². The minimum atomic E-state index is 0. The molecule has 22 heavy (non-hydrogen) atoms. The maximum atomic E-state index is 9.04. The molecule has 3 aromatic rings. The maximum absolute atomic E-state index is 9.04. The normalized spacial score (nSPS) is 10.3. The number of nitrogens with zero attached hydrogens (tertiary/aromatic N) is 1. The molecular formula is C18H19ClN2O. The van der Waals surface area contributed by atoms with E-state index in [1.54, 1.807) is 0 Å². The fraction of sp³-hybridized carbons (Fsp3) is 0.167. The van der Waals surface area contributed by atoms with Crippen LogP contribution < -0.4 is 5.32 Å². The Balaban J connectivity index is 0.00000176. The third-order valence-electron chi connectivity index (χ3n) is 3.49. The van der Waals surface area contributed by atoms with Crippen LogP contribution in [-0.4, -0.2) is 23.2 Å². The summed E-state index contributed by atoms with van der Waals surface area (Å²) < 4.78 is 0. The first-order valence-electron chi connectivity index (χ1n) is 7.09. The number of aliphatic hydroxyl groups excluding tert-OH is 1. The van der Waals surface area contributed by atoms with Gasteiger partial charge >= 0.3 is 0 Å². The molecule has 2 N–H and O–H groups in total. The van der Waals surface area contributed by atoms with Gasteiger partial charge in [-0.3, -0.25) is 0 Å². The molecule has 0 aliphatic carbocycles. The van der Waals surface area contributed by atoms with Gasteiger partial charge in [0.1, 0.15) is 0 Å². The predicted molar refractivity (Wildman–Crippen MR) is 94.7 cm³/mol. The van der Waals surface area contributed by atoms with Crippen molar-refractivity contribution in [2.24, 2.45) is 0 Å². The number of halogens is 1. The number of hydrogen-bond acceptors (Lipinski definition) is 3. The van der Waals surface area contributed by atoms with Crippen molar-refractivity contribution < 1.29 is 5.11 Å². The van der Waals surface area contributed by atoms with Crippen molar-refractivity contribution >= 4 is 29.0 Å². The summed E-state index contributed by atoms with van der Waals surface area (Å²) in [4.78, 5) is 4.74. The van der Waals surface area contributed by atoms with Gasteiger partial charge in [0.2, 0.25) is 0 Å². The summed E-state index contributed by atoms with van der Waals surface area (Å²) >= 11 is 0. The van der Waals surface area contributed by atoms with Crippen LogP contribution in [0.1, 0.15) is 5.56 Å². The van der Waals surface area contributed by atoms with Crippen LogP contribution in [0.15, 0.2) is 54.6 Å². The lowest BCUT2D eigenvalue weighted by molar-refractivity contribution is 0.311. The van der Waals surface area contributed by atoms with Crippen molar-refractivity contribution in [3.8, 4) is 11.3 Å². The number of nitrogens with one attached hydrogen (secondary N) is 1. The SMILES string of the molecule is Cc1ccc(-c2cc(NCCO)c3ccccc3n2)cc1.Cl. The summed E-state index contributed by atoms with van der Waals surface area (Å²) in [6.45, 7) is 2.71. The van der Waals surface area contributed by atoms with Gasteiger partial charge in [0.15, 0.2) is 0 Å². The van der Waals surface area contributed by atoms with Gasteiger partial charge < -0.3 is 10.4 Å². The zero-order chi connectivity index (χ0) is 14.7. The first-order valence-corrected chi connectivity index (χ1v) is 7.09. The molecule has 0 amide bonds. The Hall–Kier alpha value is -2.10. The molecule has 1 aromatic heterocycles. The average molecular weight is 315 g/mol. The van der Waals surface area contributed by atoms with Crippen molar-refractivity contribution in [3.63, 3.8) is 0 Å². The Bertz CT molecular complexity index is 757. The highest BCUT2D eigenvalue weighted by atomic mass is 35.5. The Morgan fingerprint density at radius 3 is 2.50 bits per heavy atom. The number of aliphatic hydroxyl groups is 1. The fourth-order valence-corrected chi connectivity index (χ4v) is 2.38. The molecule has 0 atom stereocenters. The molecule has 0 aliphatic heterocycles. The maximum Gasteiger partial charge on any atom is 0.0730 e. The molecular weight excluding hydrogens is 296 g/mol. The van der Waals surface area contributed by atoms with E-state index in [9.17, 15) is 0 Å². The molecule has 0 saturated carbocycles. The van der Waals surface area contributed by atoms with E-state index in [1.165, 1.54) is 5.56 Å². The molecule has 0 bridgehead atoms. The minimum absolute atomic E-state index is 0. The van der Waals surface area contributed by atoms with Gasteiger partial charge in [-0.05, 0) is 19.1 Å². The van der Waals surface area contributed by atoms with Crippen LogP contribution in [0.25, 0.3) is 22.2 Å². The Morgan fingerprint density at radius 2 is 1.77 bits per heavy atom. The van der Waals surface area contributed by atoms with Crippen LogP contribution in [0.5, 0.6) is 0 Å². The van der Waals surface area contributed by atoms with Gasteiger partial charge in [-0.1, -0.05) is 48.0 Å². The van der Waals surface area contributed by atoms with Crippen molar-refractivity contribution in [2.45, 2.75) is 6.92 Å². The summed E-state index contributed by atoms with van der Waals surface area (Å²) in [5.74, 6) is 0. The molecule has 0 saturated heterocycles. The van der Waals surface area contributed by atoms with Crippen LogP contribution in [0.3, 0.4) is 0 Å². The first-order chi connectivity index (χ1) is 10.3. The second-order valence-corrected chi connectivity index (χ2v) is 5.09. The van der Waals surface area contributed by atoms with Crippen LogP contribution in [-0.2, 0) is 0 Å². The quantitative estimate of drug-likeness (QED) is 0.764. The van der Waals surface area contributed by atoms with Gasteiger partial charge in [0.05, 0.1) is 17.8 Å². The number of rotatable bonds is 4. The smallest absolute Gasteiger partial charge is 0.0730 e. The van der Waals surface area contributed by atoms with Crippen molar-refractivity contribution in [2.75, 3.05) is 18.5 Å². The van der Waals surface area contributed by atoms with Crippen molar-refractivity contribution in [1.82, 2.24) is 4.98 Å². The third kappa shape index (κ3) is 3.38. The molecule has 1 heterocycles. The van der Waals surface area contributed by atoms with E-state index < -0.39 is 0 Å². The number of aryl methyl sites for hydroxylation is 1. The van der Waals surface area contributed by atoms with E-state index in [4.69, 9.17) is 10.1 Å². The topological polar surface area (TPSA) is 45.1 Å². The van der Waals surface area contributed by atoms with E-state index >= 15 is 0 Å². The van der Waals surface area contributed by atoms with E-state index in [0.717, 1.165) is 27.8 Å². The van der Waals surface area contributed by atoms with Crippen LogP contribution >= 0.6 is 12.4 Å².